The summed E-state index contributed by atoms with van der Waals surface area (Å²) in [4.78, 5) is 0. The summed E-state index contributed by atoms with van der Waals surface area (Å²) >= 11 is 7.88. The molecule has 0 saturated heterocycles. The van der Waals surface area contributed by atoms with Crippen LogP contribution in [-0.4, -0.2) is 24.6 Å². The number of hydrogen-bond donors (Lipinski definition) is 1. The van der Waals surface area contributed by atoms with Gasteiger partial charge in [-0.2, -0.15) is 11.8 Å². The van der Waals surface area contributed by atoms with Crippen LogP contribution >= 0.6 is 23.4 Å². The molecule has 18 heavy (non-hydrogen) atoms. The molecule has 0 aromatic heterocycles. The van der Waals surface area contributed by atoms with Crippen molar-refractivity contribution in [1.82, 2.24) is 5.32 Å². The second-order valence-electron chi connectivity index (χ2n) is 4.34. The van der Waals surface area contributed by atoms with Gasteiger partial charge in [-0.15, -0.1) is 0 Å². The number of benzene rings is 1. The normalized spacial score (nSPS) is 12.7. The van der Waals surface area contributed by atoms with Crippen molar-refractivity contribution >= 4 is 23.4 Å². The largest absolute Gasteiger partial charge is 0.314 e. The van der Waals surface area contributed by atoms with Gasteiger partial charge in [-0.1, -0.05) is 24.6 Å². The van der Waals surface area contributed by atoms with Gasteiger partial charge in [0.1, 0.15) is 5.82 Å². The lowest BCUT2D eigenvalue weighted by Gasteiger charge is -2.19. The summed E-state index contributed by atoms with van der Waals surface area (Å²) in [6, 6.07) is 5.18. The first-order valence-corrected chi connectivity index (χ1v) is 8.11. The molecule has 1 nitrogen and oxygen atoms in total. The minimum absolute atomic E-state index is 0.199. The van der Waals surface area contributed by atoms with Gasteiger partial charge in [0, 0.05) is 16.6 Å². The third-order valence-corrected chi connectivity index (χ3v) is 3.86. The summed E-state index contributed by atoms with van der Waals surface area (Å²) in [5, 5.41) is 4.00. The molecular formula is C14H21ClFNS. The molecule has 0 aliphatic carbocycles. The van der Waals surface area contributed by atoms with Crippen molar-refractivity contribution in [1.29, 1.82) is 0 Å². The van der Waals surface area contributed by atoms with Gasteiger partial charge >= 0.3 is 0 Å². The van der Waals surface area contributed by atoms with Crippen LogP contribution in [0.2, 0.25) is 5.02 Å². The van der Waals surface area contributed by atoms with E-state index in [1.165, 1.54) is 6.07 Å². The lowest BCUT2D eigenvalue weighted by atomic mass is 10.0. The van der Waals surface area contributed by atoms with Crippen LogP contribution in [0.3, 0.4) is 0 Å². The van der Waals surface area contributed by atoms with Crippen LogP contribution in [0.1, 0.15) is 25.3 Å². The van der Waals surface area contributed by atoms with Crippen LogP contribution in [0, 0.1) is 5.82 Å². The highest BCUT2D eigenvalue weighted by Crippen LogP contribution is 2.21. The highest BCUT2D eigenvalue weighted by atomic mass is 35.5. The zero-order chi connectivity index (χ0) is 13.4. The number of hydrogen-bond acceptors (Lipinski definition) is 2. The van der Waals surface area contributed by atoms with Crippen LogP contribution in [0.5, 0.6) is 0 Å². The highest BCUT2D eigenvalue weighted by Gasteiger charge is 2.14. The van der Waals surface area contributed by atoms with Gasteiger partial charge in [-0.25, -0.2) is 4.39 Å². The van der Waals surface area contributed by atoms with Crippen LogP contribution < -0.4 is 5.32 Å². The lowest BCUT2D eigenvalue weighted by Crippen LogP contribution is -2.32. The maximum absolute atomic E-state index is 13.7. The van der Waals surface area contributed by atoms with Crippen molar-refractivity contribution in [2.45, 2.75) is 32.2 Å². The molecule has 102 valence electrons. The Labute approximate surface area is 118 Å². The van der Waals surface area contributed by atoms with E-state index in [9.17, 15) is 4.39 Å². The first-order chi connectivity index (χ1) is 8.69. The molecule has 1 aromatic rings. The Balaban J connectivity index is 2.68. The summed E-state index contributed by atoms with van der Waals surface area (Å²) in [5.41, 5.74) is 0.633. The van der Waals surface area contributed by atoms with Gasteiger partial charge in [0.25, 0.3) is 0 Å². The average Bonchev–Trinajstić information content (AvgIpc) is 2.36. The molecule has 0 aliphatic rings. The zero-order valence-corrected chi connectivity index (χ0v) is 12.6. The van der Waals surface area contributed by atoms with E-state index in [1.807, 2.05) is 11.8 Å². The van der Waals surface area contributed by atoms with Crippen molar-refractivity contribution in [2.24, 2.45) is 0 Å². The number of thioether (sulfide) groups is 1. The van der Waals surface area contributed by atoms with Gasteiger partial charge in [0.15, 0.2) is 0 Å². The maximum atomic E-state index is 13.7. The monoisotopic (exact) mass is 289 g/mol. The molecule has 0 spiro atoms. The Morgan fingerprint density at radius 1 is 1.44 bits per heavy atom. The highest BCUT2D eigenvalue weighted by molar-refractivity contribution is 7.98. The van der Waals surface area contributed by atoms with E-state index in [4.69, 9.17) is 11.6 Å². The summed E-state index contributed by atoms with van der Waals surface area (Å²) in [6.45, 7) is 3.10. The van der Waals surface area contributed by atoms with Crippen LogP contribution in [0.4, 0.5) is 4.39 Å². The smallest absolute Gasteiger partial charge is 0.127 e. The number of rotatable bonds is 8. The molecule has 0 heterocycles. The van der Waals surface area contributed by atoms with E-state index in [0.29, 0.717) is 23.0 Å². The summed E-state index contributed by atoms with van der Waals surface area (Å²) < 4.78 is 13.7. The third-order valence-electron chi connectivity index (χ3n) is 2.87. The molecule has 0 fully saturated rings. The zero-order valence-electron chi connectivity index (χ0n) is 11.0. The van der Waals surface area contributed by atoms with E-state index in [-0.39, 0.29) is 5.82 Å². The second-order valence-corrected chi connectivity index (χ2v) is 5.73. The Hall–Kier alpha value is -0.250. The standard InChI is InChI=1S/C14H21ClFNS/c1-3-8-17-11(7-9-18-2)10-12-13(15)5-4-6-14(12)16/h4-6,11,17H,3,7-10H2,1-2H3. The van der Waals surface area contributed by atoms with E-state index >= 15 is 0 Å². The average molecular weight is 290 g/mol. The van der Waals surface area contributed by atoms with Crippen molar-refractivity contribution in [3.05, 3.63) is 34.6 Å². The Kier molecular flexibility index (Phi) is 7.71. The van der Waals surface area contributed by atoms with Gasteiger partial charge < -0.3 is 5.32 Å². The molecule has 1 aromatic carbocycles. The van der Waals surface area contributed by atoms with Crippen molar-refractivity contribution in [2.75, 3.05) is 18.6 Å². The molecule has 0 aliphatic heterocycles. The Bertz CT molecular complexity index is 331. The molecular weight excluding hydrogens is 269 g/mol. The van der Waals surface area contributed by atoms with Crippen LogP contribution in [0.25, 0.3) is 0 Å². The predicted octanol–water partition coefficient (Wildman–Crippen LogP) is 4.14. The topological polar surface area (TPSA) is 12.0 Å². The van der Waals surface area contributed by atoms with E-state index < -0.39 is 0 Å². The van der Waals surface area contributed by atoms with Crippen molar-refractivity contribution in [3.63, 3.8) is 0 Å². The molecule has 0 saturated carbocycles. The first kappa shape index (κ1) is 15.8. The fourth-order valence-corrected chi connectivity index (χ4v) is 2.62. The predicted molar refractivity (Wildman–Crippen MR) is 80.2 cm³/mol. The Morgan fingerprint density at radius 3 is 2.83 bits per heavy atom. The second kappa shape index (κ2) is 8.78. The first-order valence-electron chi connectivity index (χ1n) is 6.34. The molecule has 0 bridgehead atoms. The SMILES string of the molecule is CCCNC(CCSC)Cc1c(F)cccc1Cl. The van der Waals surface area contributed by atoms with E-state index in [1.54, 1.807) is 12.1 Å². The molecule has 1 atom stereocenters. The molecule has 4 heteroatoms. The van der Waals surface area contributed by atoms with Crippen molar-refractivity contribution in [3.8, 4) is 0 Å². The van der Waals surface area contributed by atoms with Gasteiger partial charge in [-0.05, 0) is 49.9 Å². The minimum atomic E-state index is -0.199. The maximum Gasteiger partial charge on any atom is 0.127 e. The van der Waals surface area contributed by atoms with Crippen LogP contribution in [0.15, 0.2) is 18.2 Å². The molecule has 0 radical (unpaired) electrons. The fourth-order valence-electron chi connectivity index (χ4n) is 1.86. The Morgan fingerprint density at radius 2 is 2.22 bits per heavy atom. The van der Waals surface area contributed by atoms with Gasteiger partial charge in [0.05, 0.1) is 0 Å². The summed E-state index contributed by atoms with van der Waals surface area (Å²) in [6.07, 6.45) is 4.87. The van der Waals surface area contributed by atoms with Gasteiger partial charge in [-0.3, -0.25) is 0 Å². The summed E-state index contributed by atoms with van der Waals surface area (Å²) in [5.74, 6) is 0.878. The van der Waals surface area contributed by atoms with E-state index in [2.05, 4.69) is 18.5 Å². The number of halogens is 2. The molecule has 1 rings (SSSR count). The molecule has 0 amide bonds. The van der Waals surface area contributed by atoms with E-state index in [0.717, 1.165) is 25.1 Å². The minimum Gasteiger partial charge on any atom is -0.314 e. The quantitative estimate of drug-likeness (QED) is 0.772. The van der Waals surface area contributed by atoms with Gasteiger partial charge in [0.2, 0.25) is 0 Å². The molecule has 1 N–H and O–H groups in total. The summed E-state index contributed by atoms with van der Waals surface area (Å²) in [7, 11) is 0. The third kappa shape index (κ3) is 5.17. The lowest BCUT2D eigenvalue weighted by molar-refractivity contribution is 0.486. The van der Waals surface area contributed by atoms with Crippen molar-refractivity contribution < 1.29 is 4.39 Å². The number of nitrogens with one attached hydrogen (secondary N) is 1. The van der Waals surface area contributed by atoms with Crippen LogP contribution in [-0.2, 0) is 6.42 Å². The fraction of sp³-hybridized carbons (Fsp3) is 0.571. The molecule has 1 unspecified atom stereocenters.